The molecule has 0 amide bonds. The molecule has 0 radical (unpaired) electrons. The first-order valence-electron chi connectivity index (χ1n) is 5.16. The average Bonchev–Trinajstić information content (AvgIpc) is 2.56. The minimum Gasteiger partial charge on any atom is -0.481 e. The van der Waals surface area contributed by atoms with E-state index >= 15 is 0 Å². The zero-order valence-corrected chi connectivity index (χ0v) is 8.79. The molecule has 2 heteroatoms. The van der Waals surface area contributed by atoms with Crippen molar-refractivity contribution in [3.05, 3.63) is 40.5 Å². The van der Waals surface area contributed by atoms with Crippen molar-refractivity contribution in [3.8, 4) is 0 Å². The van der Waals surface area contributed by atoms with Crippen molar-refractivity contribution in [3.63, 3.8) is 0 Å². The molecule has 0 bridgehead atoms. The Bertz CT molecular complexity index is 430. The highest BCUT2D eigenvalue weighted by Gasteiger charge is 2.13. The summed E-state index contributed by atoms with van der Waals surface area (Å²) in [6, 6.07) is 6.38. The molecular weight excluding hydrogens is 188 g/mol. The van der Waals surface area contributed by atoms with E-state index < -0.39 is 5.97 Å². The van der Waals surface area contributed by atoms with Crippen molar-refractivity contribution in [1.29, 1.82) is 0 Å². The number of benzene rings is 1. The molecular formula is C13H14O2. The Balaban J connectivity index is 2.08. The fourth-order valence-corrected chi connectivity index (χ4v) is 1.97. The zero-order valence-electron chi connectivity index (χ0n) is 8.79. The third kappa shape index (κ3) is 2.27. The molecule has 0 saturated heterocycles. The first kappa shape index (κ1) is 9.97. The van der Waals surface area contributed by atoms with Gasteiger partial charge in [-0.05, 0) is 30.9 Å². The molecule has 1 aromatic carbocycles. The van der Waals surface area contributed by atoms with E-state index in [4.69, 9.17) is 5.11 Å². The summed E-state index contributed by atoms with van der Waals surface area (Å²) in [6.45, 7) is 2.08. The third-order valence-electron chi connectivity index (χ3n) is 2.74. The highest BCUT2D eigenvalue weighted by Crippen LogP contribution is 2.28. The van der Waals surface area contributed by atoms with E-state index in [-0.39, 0.29) is 6.42 Å². The van der Waals surface area contributed by atoms with Gasteiger partial charge >= 0.3 is 5.97 Å². The lowest BCUT2D eigenvalue weighted by molar-refractivity contribution is -0.136. The predicted octanol–water partition coefficient (Wildman–Crippen LogP) is 2.80. The molecule has 2 rings (SSSR count). The van der Waals surface area contributed by atoms with Crippen LogP contribution in [-0.2, 0) is 11.2 Å². The summed E-state index contributed by atoms with van der Waals surface area (Å²) in [5, 5.41) is 8.61. The van der Waals surface area contributed by atoms with Gasteiger partial charge in [0.1, 0.15) is 0 Å². The Kier molecular flexibility index (Phi) is 2.58. The van der Waals surface area contributed by atoms with Crippen LogP contribution in [0.25, 0.3) is 6.08 Å². The van der Waals surface area contributed by atoms with Crippen LogP contribution in [0, 0.1) is 6.92 Å². The molecule has 0 heterocycles. The van der Waals surface area contributed by atoms with Gasteiger partial charge < -0.3 is 5.11 Å². The van der Waals surface area contributed by atoms with Crippen molar-refractivity contribution < 1.29 is 9.90 Å². The van der Waals surface area contributed by atoms with E-state index in [0.717, 1.165) is 6.42 Å². The second kappa shape index (κ2) is 3.89. The Morgan fingerprint density at radius 1 is 1.47 bits per heavy atom. The van der Waals surface area contributed by atoms with E-state index in [0.29, 0.717) is 6.42 Å². The molecule has 0 unspecified atom stereocenters. The molecule has 0 aliphatic heterocycles. The van der Waals surface area contributed by atoms with Gasteiger partial charge in [-0.3, -0.25) is 4.79 Å². The number of carbonyl (C=O) groups is 1. The first-order valence-corrected chi connectivity index (χ1v) is 5.16. The first-order chi connectivity index (χ1) is 7.15. The molecule has 0 spiro atoms. The van der Waals surface area contributed by atoms with Crippen LogP contribution in [0.5, 0.6) is 0 Å². The maximum Gasteiger partial charge on any atom is 0.303 e. The monoisotopic (exact) mass is 202 g/mol. The number of carboxylic acid groups (broad SMARTS) is 1. The van der Waals surface area contributed by atoms with Crippen LogP contribution in [0.2, 0.25) is 0 Å². The molecule has 15 heavy (non-hydrogen) atoms. The second-order valence-corrected chi connectivity index (χ2v) is 4.08. The fourth-order valence-electron chi connectivity index (χ4n) is 1.97. The quantitative estimate of drug-likeness (QED) is 0.818. The third-order valence-corrected chi connectivity index (χ3v) is 2.74. The van der Waals surface area contributed by atoms with Crippen molar-refractivity contribution in [2.45, 2.75) is 26.2 Å². The zero-order chi connectivity index (χ0) is 10.8. The van der Waals surface area contributed by atoms with Crippen LogP contribution in [-0.4, -0.2) is 11.1 Å². The van der Waals surface area contributed by atoms with Gasteiger partial charge in [-0.1, -0.05) is 35.4 Å². The number of fused-ring (bicyclic) bond motifs is 1. The lowest BCUT2D eigenvalue weighted by Crippen LogP contribution is -1.95. The molecule has 78 valence electrons. The molecule has 2 nitrogen and oxygen atoms in total. The van der Waals surface area contributed by atoms with E-state index in [1.54, 1.807) is 0 Å². The number of rotatable bonds is 3. The maximum absolute atomic E-state index is 10.5. The molecule has 1 aromatic rings. The lowest BCUT2D eigenvalue weighted by atomic mass is 10.1. The topological polar surface area (TPSA) is 37.3 Å². The van der Waals surface area contributed by atoms with Gasteiger partial charge in [-0.25, -0.2) is 0 Å². The number of hydrogen-bond acceptors (Lipinski definition) is 1. The second-order valence-electron chi connectivity index (χ2n) is 4.08. The minimum absolute atomic E-state index is 0.235. The highest BCUT2D eigenvalue weighted by molar-refractivity contribution is 5.69. The summed E-state index contributed by atoms with van der Waals surface area (Å²) in [5.41, 5.74) is 5.08. The summed E-state index contributed by atoms with van der Waals surface area (Å²) < 4.78 is 0. The number of aryl methyl sites for hydroxylation is 1. The Morgan fingerprint density at radius 3 is 3.00 bits per heavy atom. The molecule has 1 N–H and O–H groups in total. The summed E-state index contributed by atoms with van der Waals surface area (Å²) in [7, 11) is 0. The number of allylic oxidation sites excluding steroid dienone is 1. The summed E-state index contributed by atoms with van der Waals surface area (Å²) in [5.74, 6) is -0.719. The van der Waals surface area contributed by atoms with Gasteiger partial charge in [0, 0.05) is 6.42 Å². The van der Waals surface area contributed by atoms with E-state index in [1.165, 1.54) is 22.3 Å². The molecule has 0 saturated carbocycles. The van der Waals surface area contributed by atoms with Crippen LogP contribution < -0.4 is 0 Å². The van der Waals surface area contributed by atoms with Crippen LogP contribution in [0.1, 0.15) is 29.5 Å². The van der Waals surface area contributed by atoms with Gasteiger partial charge in [0.25, 0.3) is 0 Å². The molecule has 0 aromatic heterocycles. The number of hydrogen-bond donors (Lipinski definition) is 1. The van der Waals surface area contributed by atoms with Gasteiger partial charge in [-0.2, -0.15) is 0 Å². The van der Waals surface area contributed by atoms with Gasteiger partial charge in [0.05, 0.1) is 0 Å². The SMILES string of the molecule is Cc1ccc2c(c1)CC(CCC(=O)O)=C2. The smallest absolute Gasteiger partial charge is 0.303 e. The van der Waals surface area contributed by atoms with E-state index in [9.17, 15) is 4.79 Å². The van der Waals surface area contributed by atoms with Crippen molar-refractivity contribution in [2.24, 2.45) is 0 Å². The predicted molar refractivity (Wildman–Crippen MR) is 59.7 cm³/mol. The normalized spacial score (nSPS) is 13.5. The van der Waals surface area contributed by atoms with Crippen molar-refractivity contribution in [2.75, 3.05) is 0 Å². The maximum atomic E-state index is 10.5. The van der Waals surface area contributed by atoms with E-state index in [1.807, 2.05) is 0 Å². The van der Waals surface area contributed by atoms with Crippen LogP contribution >= 0.6 is 0 Å². The van der Waals surface area contributed by atoms with Crippen molar-refractivity contribution in [1.82, 2.24) is 0 Å². The van der Waals surface area contributed by atoms with E-state index in [2.05, 4.69) is 31.2 Å². The Hall–Kier alpha value is -1.57. The standard InChI is InChI=1S/C13H14O2/c1-9-2-4-11-7-10(3-5-13(14)15)8-12(11)6-9/h2,4,6-7H,3,5,8H2,1H3,(H,14,15). The molecule has 0 atom stereocenters. The Morgan fingerprint density at radius 2 is 2.27 bits per heavy atom. The van der Waals surface area contributed by atoms with Crippen molar-refractivity contribution >= 4 is 12.0 Å². The number of carboxylic acids is 1. The summed E-state index contributed by atoms with van der Waals surface area (Å²) in [6.07, 6.45) is 3.95. The van der Waals surface area contributed by atoms with Crippen LogP contribution in [0.4, 0.5) is 0 Å². The van der Waals surface area contributed by atoms with Crippen LogP contribution in [0.3, 0.4) is 0 Å². The minimum atomic E-state index is -0.719. The fraction of sp³-hybridized carbons (Fsp3) is 0.308. The van der Waals surface area contributed by atoms with Gasteiger partial charge in [0.15, 0.2) is 0 Å². The van der Waals surface area contributed by atoms with Gasteiger partial charge in [0.2, 0.25) is 0 Å². The number of aliphatic carboxylic acids is 1. The average molecular weight is 202 g/mol. The molecule has 0 fully saturated rings. The Labute approximate surface area is 89.2 Å². The largest absolute Gasteiger partial charge is 0.481 e. The van der Waals surface area contributed by atoms with Gasteiger partial charge in [-0.15, -0.1) is 0 Å². The molecule has 1 aliphatic rings. The summed E-state index contributed by atoms with van der Waals surface area (Å²) >= 11 is 0. The lowest BCUT2D eigenvalue weighted by Gasteiger charge is -2.00. The van der Waals surface area contributed by atoms with Crippen LogP contribution in [0.15, 0.2) is 23.8 Å². The highest BCUT2D eigenvalue weighted by atomic mass is 16.4. The molecule has 1 aliphatic carbocycles. The summed E-state index contributed by atoms with van der Waals surface area (Å²) in [4.78, 5) is 10.5.